The first-order valence-corrected chi connectivity index (χ1v) is 15.0. The van der Waals surface area contributed by atoms with E-state index in [2.05, 4.69) is 128 Å². The van der Waals surface area contributed by atoms with Gasteiger partial charge in [0, 0.05) is 0 Å². The average Bonchev–Trinajstić information content (AvgIpc) is 2.94. The largest absolute Gasteiger partial charge is 0.116 e. The molecular weight excluding hydrogens is 439 g/mol. The molecule has 0 unspecified atom stereocenters. The quantitative estimate of drug-likeness (QED) is 0.179. The molecule has 0 saturated heterocycles. The van der Waals surface area contributed by atoms with Crippen molar-refractivity contribution < 1.29 is 0 Å². The summed E-state index contributed by atoms with van der Waals surface area (Å²) >= 11 is 0. The van der Waals surface area contributed by atoms with Gasteiger partial charge in [-0.1, -0.05) is 84.9 Å². The summed E-state index contributed by atoms with van der Waals surface area (Å²) in [5, 5.41) is 4.34. The standard InChI is InChI=1S/C34H36P/c1-2-12-28-19-23-30(24-20-28)31-25-21-29(22-26-31)27-35(32-13-6-3-7-14-32,33-15-8-4-9-16-33)34-17-10-5-11-18-34/h2-11,13-18,21-22,25-26,28,30H,1,12,19-20,23-24,27H2/q+1. The van der Waals surface area contributed by atoms with Gasteiger partial charge in [-0.05, 0) is 91.5 Å². The number of benzene rings is 4. The van der Waals surface area contributed by atoms with E-state index in [1.54, 1.807) is 0 Å². The fourth-order valence-corrected chi connectivity index (χ4v) is 10.1. The first kappa shape index (κ1) is 23.8. The van der Waals surface area contributed by atoms with E-state index < -0.39 is 7.26 Å². The third-order valence-corrected chi connectivity index (χ3v) is 12.2. The van der Waals surface area contributed by atoms with Crippen LogP contribution in [0.5, 0.6) is 0 Å². The minimum absolute atomic E-state index is 0.710. The molecule has 0 atom stereocenters. The highest BCUT2D eigenvalue weighted by Gasteiger charge is 2.45. The van der Waals surface area contributed by atoms with Crippen molar-refractivity contribution >= 4 is 23.2 Å². The molecule has 0 N–H and O–H groups in total. The van der Waals surface area contributed by atoms with Crippen LogP contribution in [0.3, 0.4) is 0 Å². The molecule has 0 nitrogen and oxygen atoms in total. The van der Waals surface area contributed by atoms with Crippen LogP contribution in [0.4, 0.5) is 0 Å². The third-order valence-electron chi connectivity index (χ3n) is 7.81. The number of rotatable bonds is 8. The van der Waals surface area contributed by atoms with E-state index in [0.717, 1.165) is 12.1 Å². The third kappa shape index (κ3) is 5.19. The van der Waals surface area contributed by atoms with Crippen molar-refractivity contribution in [2.45, 2.75) is 44.2 Å². The van der Waals surface area contributed by atoms with Crippen LogP contribution in [-0.2, 0) is 6.16 Å². The maximum Gasteiger partial charge on any atom is 0.116 e. The van der Waals surface area contributed by atoms with Crippen LogP contribution in [0.1, 0.15) is 49.1 Å². The summed E-state index contributed by atoms with van der Waals surface area (Å²) in [6.45, 7) is 3.94. The van der Waals surface area contributed by atoms with Gasteiger partial charge in [0.2, 0.25) is 0 Å². The Hall–Kier alpha value is -2.95. The van der Waals surface area contributed by atoms with Gasteiger partial charge in [0.15, 0.2) is 0 Å². The summed E-state index contributed by atoms with van der Waals surface area (Å²) in [6.07, 6.45) is 9.61. The molecule has 0 spiro atoms. The summed E-state index contributed by atoms with van der Waals surface area (Å²) in [5.41, 5.74) is 2.95. The Kier molecular flexibility index (Phi) is 7.60. The van der Waals surface area contributed by atoms with E-state index in [-0.39, 0.29) is 0 Å². The van der Waals surface area contributed by atoms with Gasteiger partial charge in [0.25, 0.3) is 0 Å². The molecule has 4 aromatic rings. The summed E-state index contributed by atoms with van der Waals surface area (Å²) in [7, 11) is -1.85. The Bertz CT molecular complexity index is 1090. The van der Waals surface area contributed by atoms with Crippen LogP contribution in [-0.4, -0.2) is 0 Å². The lowest BCUT2D eigenvalue weighted by Crippen LogP contribution is -2.32. The highest BCUT2D eigenvalue weighted by Crippen LogP contribution is 2.58. The molecule has 5 rings (SSSR count). The smallest absolute Gasteiger partial charge is 0.103 e. The van der Waals surface area contributed by atoms with Crippen LogP contribution in [0.15, 0.2) is 128 Å². The molecular formula is C34H36P+. The molecule has 35 heavy (non-hydrogen) atoms. The SMILES string of the molecule is C=CCC1CCC(c2ccc(C[P+](c3ccccc3)(c3ccccc3)c3ccccc3)cc2)CC1. The van der Waals surface area contributed by atoms with Gasteiger partial charge in [-0.2, -0.15) is 0 Å². The Balaban J connectivity index is 1.50. The first-order chi connectivity index (χ1) is 17.3. The van der Waals surface area contributed by atoms with Gasteiger partial charge in [-0.3, -0.25) is 0 Å². The number of hydrogen-bond acceptors (Lipinski definition) is 0. The molecule has 4 aromatic carbocycles. The van der Waals surface area contributed by atoms with E-state index in [0.29, 0.717) is 5.92 Å². The second-order valence-corrected chi connectivity index (χ2v) is 13.4. The molecule has 176 valence electrons. The first-order valence-electron chi connectivity index (χ1n) is 13.0. The normalized spacial score (nSPS) is 18.2. The van der Waals surface area contributed by atoms with E-state index in [9.17, 15) is 0 Å². The summed E-state index contributed by atoms with van der Waals surface area (Å²) in [4.78, 5) is 0. The summed E-state index contributed by atoms with van der Waals surface area (Å²) in [6, 6.07) is 43.3. The summed E-state index contributed by atoms with van der Waals surface area (Å²) in [5.74, 6) is 1.55. The molecule has 1 saturated carbocycles. The van der Waals surface area contributed by atoms with Gasteiger partial charge < -0.3 is 0 Å². The Morgan fingerprint density at radius 2 is 1.06 bits per heavy atom. The van der Waals surface area contributed by atoms with Crippen LogP contribution in [0.2, 0.25) is 0 Å². The monoisotopic (exact) mass is 475 g/mol. The second kappa shape index (κ2) is 11.2. The molecule has 1 heteroatoms. The van der Waals surface area contributed by atoms with Crippen molar-refractivity contribution in [3.05, 3.63) is 139 Å². The molecule has 1 fully saturated rings. The van der Waals surface area contributed by atoms with Gasteiger partial charge in [0.05, 0.1) is 6.16 Å². The number of hydrogen-bond donors (Lipinski definition) is 0. The lowest BCUT2D eigenvalue weighted by atomic mass is 9.77. The van der Waals surface area contributed by atoms with Crippen molar-refractivity contribution in [2.24, 2.45) is 5.92 Å². The lowest BCUT2D eigenvalue weighted by Gasteiger charge is -2.29. The van der Waals surface area contributed by atoms with Crippen molar-refractivity contribution in [1.29, 1.82) is 0 Å². The van der Waals surface area contributed by atoms with Crippen LogP contribution >= 0.6 is 7.26 Å². The van der Waals surface area contributed by atoms with Gasteiger partial charge in [0.1, 0.15) is 23.2 Å². The Morgan fingerprint density at radius 3 is 1.49 bits per heavy atom. The highest BCUT2D eigenvalue weighted by molar-refractivity contribution is 7.95. The zero-order valence-electron chi connectivity index (χ0n) is 20.6. The molecule has 0 aliphatic heterocycles. The minimum Gasteiger partial charge on any atom is -0.103 e. The summed E-state index contributed by atoms with van der Waals surface area (Å²) < 4.78 is 0. The van der Waals surface area contributed by atoms with Crippen molar-refractivity contribution in [3.8, 4) is 0 Å². The predicted molar refractivity (Wildman–Crippen MR) is 155 cm³/mol. The maximum atomic E-state index is 3.94. The second-order valence-electron chi connectivity index (χ2n) is 9.96. The number of allylic oxidation sites excluding steroid dienone is 1. The molecule has 1 aliphatic rings. The van der Waals surface area contributed by atoms with E-state index in [1.165, 1.54) is 59.1 Å². The molecule has 0 aromatic heterocycles. The Morgan fingerprint density at radius 1 is 0.600 bits per heavy atom. The van der Waals surface area contributed by atoms with Crippen LogP contribution in [0, 0.1) is 5.92 Å². The highest BCUT2D eigenvalue weighted by atomic mass is 31.2. The maximum absolute atomic E-state index is 3.94. The van der Waals surface area contributed by atoms with E-state index in [4.69, 9.17) is 0 Å². The van der Waals surface area contributed by atoms with Crippen molar-refractivity contribution in [2.75, 3.05) is 0 Å². The van der Waals surface area contributed by atoms with E-state index >= 15 is 0 Å². The van der Waals surface area contributed by atoms with Crippen molar-refractivity contribution in [3.63, 3.8) is 0 Å². The topological polar surface area (TPSA) is 0 Å². The molecule has 0 bridgehead atoms. The van der Waals surface area contributed by atoms with Gasteiger partial charge in [-0.25, -0.2) is 0 Å². The predicted octanol–water partition coefficient (Wildman–Crippen LogP) is 8.03. The van der Waals surface area contributed by atoms with Crippen molar-refractivity contribution in [1.82, 2.24) is 0 Å². The Labute approximate surface area is 212 Å². The lowest BCUT2D eigenvalue weighted by molar-refractivity contribution is 0.328. The molecule has 1 aliphatic carbocycles. The molecule has 0 heterocycles. The molecule has 0 radical (unpaired) electrons. The van der Waals surface area contributed by atoms with Crippen LogP contribution in [0.25, 0.3) is 0 Å². The fraction of sp³-hybridized carbons (Fsp3) is 0.235. The van der Waals surface area contributed by atoms with E-state index in [1.807, 2.05) is 0 Å². The van der Waals surface area contributed by atoms with Gasteiger partial charge >= 0.3 is 0 Å². The fourth-order valence-electron chi connectivity index (χ4n) is 5.90. The minimum atomic E-state index is -1.85. The van der Waals surface area contributed by atoms with Gasteiger partial charge in [-0.15, -0.1) is 6.58 Å². The molecule has 0 amide bonds. The van der Waals surface area contributed by atoms with Crippen LogP contribution < -0.4 is 15.9 Å². The zero-order chi connectivity index (χ0) is 23.9. The average molecular weight is 476 g/mol. The zero-order valence-corrected chi connectivity index (χ0v) is 21.5.